The van der Waals surface area contributed by atoms with E-state index in [0.29, 0.717) is 15.9 Å². The molecule has 2 bridgehead atoms. The number of nitrogens with zero attached hydrogens (tertiary/aromatic N) is 1. The molecule has 174 valence electrons. The molecule has 0 radical (unpaired) electrons. The van der Waals surface area contributed by atoms with Gasteiger partial charge in [-0.05, 0) is 63.0 Å². The Morgan fingerprint density at radius 2 is 1.91 bits per heavy atom. The van der Waals surface area contributed by atoms with Gasteiger partial charge in [-0.25, -0.2) is 0 Å². The fraction of sp³-hybridized carbons (Fsp3) is 0.450. The van der Waals surface area contributed by atoms with E-state index in [0.717, 1.165) is 43.3 Å². The molecule has 1 aromatic heterocycles. The molecule has 3 aliphatic heterocycles. The van der Waals surface area contributed by atoms with Crippen LogP contribution in [0.1, 0.15) is 29.4 Å². The first-order valence-electron chi connectivity index (χ1n) is 10.1. The Morgan fingerprint density at radius 1 is 1.19 bits per heavy atom. The van der Waals surface area contributed by atoms with Gasteiger partial charge in [0.25, 0.3) is 5.91 Å². The first kappa shape index (κ1) is 22.9. The molecule has 2 atom stereocenters. The number of ether oxygens (including phenoxy) is 1. The Kier molecular flexibility index (Phi) is 6.12. The molecule has 12 heteroatoms. The number of hydrogen-bond donors (Lipinski definition) is 2. The van der Waals surface area contributed by atoms with Crippen LogP contribution in [0.25, 0.3) is 0 Å². The number of rotatable bonds is 6. The van der Waals surface area contributed by atoms with Crippen LogP contribution in [0.2, 0.25) is 0 Å². The van der Waals surface area contributed by atoms with Crippen LogP contribution in [-0.4, -0.2) is 49.9 Å². The van der Waals surface area contributed by atoms with Crippen molar-refractivity contribution in [2.75, 3.05) is 17.8 Å². The normalized spacial score (nSPS) is 25.4. The molecular formula is C20H22F3N3O4S2. The van der Waals surface area contributed by atoms with Gasteiger partial charge in [0.1, 0.15) is 5.75 Å². The first-order valence-corrected chi connectivity index (χ1v) is 12.4. The minimum absolute atomic E-state index is 0.0924. The van der Waals surface area contributed by atoms with Gasteiger partial charge in [-0.2, -0.15) is 21.6 Å². The van der Waals surface area contributed by atoms with Crippen LogP contribution in [0, 0.1) is 5.92 Å². The van der Waals surface area contributed by atoms with Gasteiger partial charge in [-0.15, -0.1) is 0 Å². The van der Waals surface area contributed by atoms with Gasteiger partial charge in [0.15, 0.2) is 5.06 Å². The van der Waals surface area contributed by atoms with E-state index in [1.54, 1.807) is 12.1 Å². The number of anilines is 1. The summed E-state index contributed by atoms with van der Waals surface area (Å²) in [7, 11) is -5.53. The van der Waals surface area contributed by atoms with Crippen LogP contribution in [0.15, 0.2) is 36.4 Å². The number of carbonyl (C=O) groups is 1. The average Bonchev–Trinajstić information content (AvgIpc) is 3.18. The second kappa shape index (κ2) is 8.56. The van der Waals surface area contributed by atoms with Crippen molar-refractivity contribution in [1.29, 1.82) is 0 Å². The Labute approximate surface area is 187 Å². The Morgan fingerprint density at radius 3 is 2.56 bits per heavy atom. The zero-order chi connectivity index (χ0) is 23.1. The number of hydrogen-bond acceptors (Lipinski definition) is 6. The maximum absolute atomic E-state index is 12.7. The van der Waals surface area contributed by atoms with Gasteiger partial charge in [-0.3, -0.25) is 14.4 Å². The fourth-order valence-electron chi connectivity index (χ4n) is 4.22. The third-order valence-electron chi connectivity index (χ3n) is 5.89. The quantitative estimate of drug-likeness (QED) is 0.640. The van der Waals surface area contributed by atoms with Gasteiger partial charge in [0.2, 0.25) is 0 Å². The molecule has 5 rings (SSSR count). The Hall–Kier alpha value is -2.31. The first-order chi connectivity index (χ1) is 15.0. The van der Waals surface area contributed by atoms with Gasteiger partial charge >= 0.3 is 15.5 Å². The van der Waals surface area contributed by atoms with Gasteiger partial charge < -0.3 is 10.1 Å². The topological polar surface area (TPSA) is 87.7 Å². The Balaban J connectivity index is 1.41. The van der Waals surface area contributed by atoms with E-state index >= 15 is 0 Å². The van der Waals surface area contributed by atoms with Crippen molar-refractivity contribution in [3.05, 3.63) is 41.3 Å². The number of amides is 1. The lowest BCUT2D eigenvalue weighted by Gasteiger charge is -2.49. The zero-order valence-electron chi connectivity index (χ0n) is 17.1. The highest BCUT2D eigenvalue weighted by Gasteiger charge is 2.46. The van der Waals surface area contributed by atoms with Crippen molar-refractivity contribution in [2.24, 2.45) is 5.92 Å². The molecular weight excluding hydrogens is 467 g/mol. The summed E-state index contributed by atoms with van der Waals surface area (Å²) >= 11 is 1.10. The van der Waals surface area contributed by atoms with Gasteiger partial charge in [0, 0.05) is 18.2 Å². The van der Waals surface area contributed by atoms with Crippen molar-refractivity contribution in [3.8, 4) is 10.8 Å². The zero-order valence-corrected chi connectivity index (χ0v) is 18.7. The summed E-state index contributed by atoms with van der Waals surface area (Å²) in [4.78, 5) is 15.6. The highest BCUT2D eigenvalue weighted by atomic mass is 32.2. The van der Waals surface area contributed by atoms with E-state index in [2.05, 4.69) is 17.1 Å². The summed E-state index contributed by atoms with van der Waals surface area (Å²) in [6, 6.07) is 8.74. The minimum Gasteiger partial charge on any atom is -0.447 e. The summed E-state index contributed by atoms with van der Waals surface area (Å²) < 4.78 is 67.4. The monoisotopic (exact) mass is 489 g/mol. The van der Waals surface area contributed by atoms with E-state index in [-0.39, 0.29) is 29.4 Å². The van der Waals surface area contributed by atoms with E-state index in [1.807, 2.05) is 0 Å². The number of fused-ring (bicyclic) bond motifs is 3. The summed E-state index contributed by atoms with van der Waals surface area (Å²) in [5.74, 6) is 0.409. The molecule has 0 aliphatic carbocycles. The number of thiophene rings is 1. The summed E-state index contributed by atoms with van der Waals surface area (Å²) in [5.41, 5.74) is -5.71. The molecule has 2 aromatic rings. The molecule has 3 fully saturated rings. The average molecular weight is 490 g/mol. The summed E-state index contributed by atoms with van der Waals surface area (Å²) in [6.45, 7) is 4.25. The van der Waals surface area contributed by atoms with Crippen LogP contribution in [0.3, 0.4) is 0 Å². The van der Waals surface area contributed by atoms with Gasteiger partial charge in [0.05, 0.1) is 10.6 Å². The van der Waals surface area contributed by atoms with Crippen molar-refractivity contribution in [2.45, 2.75) is 37.4 Å². The molecule has 1 aromatic carbocycles. The number of sulfonamides is 1. The lowest BCUT2D eigenvalue weighted by molar-refractivity contribution is -0.0429. The van der Waals surface area contributed by atoms with Crippen molar-refractivity contribution < 1.29 is 31.1 Å². The summed E-state index contributed by atoms with van der Waals surface area (Å²) in [5, 5.41) is 3.49. The predicted molar refractivity (Wildman–Crippen MR) is 114 cm³/mol. The highest BCUT2D eigenvalue weighted by molar-refractivity contribution is 7.93. The van der Waals surface area contributed by atoms with Crippen LogP contribution >= 0.6 is 11.3 Å². The molecule has 2 N–H and O–H groups in total. The van der Waals surface area contributed by atoms with Gasteiger partial charge in [-0.1, -0.05) is 17.4 Å². The third kappa shape index (κ3) is 4.71. The van der Waals surface area contributed by atoms with Crippen LogP contribution in [-0.2, 0) is 10.0 Å². The number of benzene rings is 1. The predicted octanol–water partition coefficient (Wildman–Crippen LogP) is 4.01. The van der Waals surface area contributed by atoms with Crippen LogP contribution in [0.4, 0.5) is 18.9 Å². The van der Waals surface area contributed by atoms with Crippen molar-refractivity contribution in [3.63, 3.8) is 0 Å². The maximum atomic E-state index is 12.7. The molecule has 7 nitrogen and oxygen atoms in total. The third-order valence-corrected chi connectivity index (χ3v) is 7.97. The van der Waals surface area contributed by atoms with Crippen molar-refractivity contribution >= 4 is 33.0 Å². The standard InChI is InChI=1S/C20H22F3N3O4S2/c1-12-18(13-7-9-26(12)10-8-13)24-19(27)16-5-6-17(31-16)30-15-4-2-3-14(11-15)25-32(28,29)20(21,22)23/h2-6,11-13,18,25H,7-10H2,1H3,(H,24,27)/t12-,18-/m0/s1. The largest absolute Gasteiger partial charge is 0.516 e. The second-order valence-corrected chi connectivity index (χ2v) is 10.6. The molecule has 3 saturated heterocycles. The number of alkyl halides is 3. The number of nitrogens with one attached hydrogen (secondary N) is 2. The van der Waals surface area contributed by atoms with Crippen LogP contribution < -0.4 is 14.8 Å². The smallest absolute Gasteiger partial charge is 0.447 e. The molecule has 0 unspecified atom stereocenters. The lowest BCUT2D eigenvalue weighted by atomic mass is 9.79. The van der Waals surface area contributed by atoms with E-state index in [1.165, 1.54) is 22.9 Å². The summed E-state index contributed by atoms with van der Waals surface area (Å²) in [6.07, 6.45) is 2.14. The number of piperidine rings is 3. The highest BCUT2D eigenvalue weighted by Crippen LogP contribution is 2.34. The number of halogens is 3. The molecule has 1 amide bonds. The van der Waals surface area contributed by atoms with E-state index < -0.39 is 15.5 Å². The second-order valence-electron chi connectivity index (χ2n) is 7.91. The molecule has 3 aliphatic rings. The number of carbonyl (C=O) groups excluding carboxylic acids is 1. The maximum Gasteiger partial charge on any atom is 0.516 e. The lowest BCUT2D eigenvalue weighted by Crippen LogP contribution is -2.62. The van der Waals surface area contributed by atoms with E-state index in [4.69, 9.17) is 4.74 Å². The van der Waals surface area contributed by atoms with Crippen molar-refractivity contribution in [1.82, 2.24) is 10.2 Å². The minimum atomic E-state index is -5.53. The van der Waals surface area contributed by atoms with E-state index in [9.17, 15) is 26.4 Å². The SMILES string of the molecule is C[C@H]1[C@H](NC(=O)c2ccc(Oc3cccc(NS(=O)(=O)C(F)(F)F)c3)s2)C2CCN1CC2. The Bertz CT molecular complexity index is 1090. The molecule has 0 saturated carbocycles. The molecule has 32 heavy (non-hydrogen) atoms. The van der Waals surface area contributed by atoms with Crippen LogP contribution in [0.5, 0.6) is 10.8 Å². The molecule has 0 spiro atoms. The fourth-order valence-corrected chi connectivity index (χ4v) is 5.55. The molecule has 4 heterocycles.